The molecule has 3 aromatic rings. The summed E-state index contributed by atoms with van der Waals surface area (Å²) >= 11 is 1.69. The van der Waals surface area contributed by atoms with E-state index in [4.69, 9.17) is 14.5 Å². The third kappa shape index (κ3) is 4.40. The number of fused-ring (bicyclic) bond motifs is 1. The number of hydrogen-bond acceptors (Lipinski definition) is 6. The molecule has 1 saturated heterocycles. The van der Waals surface area contributed by atoms with Crippen molar-refractivity contribution in [3.05, 3.63) is 59.1 Å². The highest BCUT2D eigenvalue weighted by molar-refractivity contribution is 7.18. The Labute approximate surface area is 173 Å². The Kier molecular flexibility index (Phi) is 5.76. The molecule has 150 valence electrons. The number of methoxy groups -OCH3 is 1. The number of ether oxygens (including phenoxy) is 2. The van der Waals surface area contributed by atoms with Gasteiger partial charge in [0.1, 0.15) is 5.75 Å². The van der Waals surface area contributed by atoms with E-state index in [0.717, 1.165) is 23.4 Å². The van der Waals surface area contributed by atoms with Crippen molar-refractivity contribution in [3.63, 3.8) is 0 Å². The van der Waals surface area contributed by atoms with Crippen LogP contribution in [-0.4, -0.2) is 48.6 Å². The summed E-state index contributed by atoms with van der Waals surface area (Å²) in [6.45, 7) is 1.04. The highest BCUT2D eigenvalue weighted by Gasteiger charge is 2.27. The van der Waals surface area contributed by atoms with Crippen LogP contribution in [0.1, 0.15) is 34.1 Å². The first kappa shape index (κ1) is 19.4. The van der Waals surface area contributed by atoms with Gasteiger partial charge >= 0.3 is 5.97 Å². The molecule has 1 aliphatic heterocycles. The number of likely N-dealkylation sites (tertiary alicyclic amines) is 1. The van der Waals surface area contributed by atoms with Crippen molar-refractivity contribution in [2.24, 2.45) is 0 Å². The molecule has 1 amide bonds. The highest BCUT2D eigenvalue weighted by Crippen LogP contribution is 2.33. The lowest BCUT2D eigenvalue weighted by Crippen LogP contribution is -2.41. The fourth-order valence-electron chi connectivity index (χ4n) is 3.50. The smallest absolute Gasteiger partial charge is 0.338 e. The van der Waals surface area contributed by atoms with E-state index < -0.39 is 5.97 Å². The molecule has 0 spiro atoms. The minimum Gasteiger partial charge on any atom is -0.497 e. The van der Waals surface area contributed by atoms with Crippen LogP contribution in [0.3, 0.4) is 0 Å². The summed E-state index contributed by atoms with van der Waals surface area (Å²) in [5, 5.41) is 1.07. The quantitative estimate of drug-likeness (QED) is 0.598. The van der Waals surface area contributed by atoms with Crippen molar-refractivity contribution in [3.8, 4) is 5.75 Å². The first-order valence-electron chi connectivity index (χ1n) is 9.58. The lowest BCUT2D eigenvalue weighted by molar-refractivity contribution is -0.135. The maximum absolute atomic E-state index is 12.6. The number of carbonyl (C=O) groups excluding carboxylic acids is 2. The number of carbonyl (C=O) groups is 2. The molecule has 1 aromatic heterocycles. The molecule has 7 heteroatoms. The van der Waals surface area contributed by atoms with Crippen molar-refractivity contribution in [1.29, 1.82) is 0 Å². The molecule has 4 rings (SSSR count). The van der Waals surface area contributed by atoms with Crippen LogP contribution < -0.4 is 4.74 Å². The van der Waals surface area contributed by atoms with Gasteiger partial charge in [-0.05, 0) is 49.2 Å². The summed E-state index contributed by atoms with van der Waals surface area (Å²) in [4.78, 5) is 31.3. The molecule has 1 aliphatic rings. The van der Waals surface area contributed by atoms with Crippen LogP contribution in [0, 0.1) is 0 Å². The molecule has 1 atom stereocenters. The van der Waals surface area contributed by atoms with Gasteiger partial charge in [-0.3, -0.25) is 4.79 Å². The number of esters is 1. The standard InChI is InChI=1S/C22H22N2O4S/c1-27-17-10-8-15(9-11-17)22(26)28-14-20(25)24-12-4-5-16(13-24)21-23-18-6-2-3-7-19(18)29-21/h2-3,6-11,16H,4-5,12-14H2,1H3/t16-/m1/s1. The average molecular weight is 410 g/mol. The lowest BCUT2D eigenvalue weighted by atomic mass is 9.99. The number of thiazole rings is 1. The maximum atomic E-state index is 12.6. The van der Waals surface area contributed by atoms with Crippen molar-refractivity contribution in [2.75, 3.05) is 26.8 Å². The summed E-state index contributed by atoms with van der Waals surface area (Å²) in [6.07, 6.45) is 1.92. The van der Waals surface area contributed by atoms with E-state index in [0.29, 0.717) is 24.4 Å². The minimum absolute atomic E-state index is 0.169. The van der Waals surface area contributed by atoms with Gasteiger partial charge in [0, 0.05) is 19.0 Å². The predicted molar refractivity (Wildman–Crippen MR) is 111 cm³/mol. The van der Waals surface area contributed by atoms with Gasteiger partial charge in [0.15, 0.2) is 6.61 Å². The first-order chi connectivity index (χ1) is 14.1. The highest BCUT2D eigenvalue weighted by atomic mass is 32.1. The van der Waals surface area contributed by atoms with E-state index in [1.54, 1.807) is 47.6 Å². The molecule has 0 aliphatic carbocycles. The Balaban J connectivity index is 1.35. The molecular weight excluding hydrogens is 388 g/mol. The normalized spacial score (nSPS) is 16.6. The van der Waals surface area contributed by atoms with E-state index in [-0.39, 0.29) is 18.4 Å². The summed E-state index contributed by atoms with van der Waals surface area (Å²) < 4.78 is 11.5. The topological polar surface area (TPSA) is 68.7 Å². The van der Waals surface area contributed by atoms with Gasteiger partial charge < -0.3 is 14.4 Å². The zero-order chi connectivity index (χ0) is 20.2. The molecule has 0 radical (unpaired) electrons. The summed E-state index contributed by atoms with van der Waals surface area (Å²) in [7, 11) is 1.56. The largest absolute Gasteiger partial charge is 0.497 e. The number of aromatic nitrogens is 1. The molecule has 1 fully saturated rings. The van der Waals surface area contributed by atoms with Crippen LogP contribution >= 0.6 is 11.3 Å². The van der Waals surface area contributed by atoms with E-state index in [1.165, 1.54) is 4.70 Å². The average Bonchev–Trinajstić information content (AvgIpc) is 3.22. The van der Waals surface area contributed by atoms with Gasteiger partial charge in [0.25, 0.3) is 5.91 Å². The van der Waals surface area contributed by atoms with Crippen LogP contribution in [0.15, 0.2) is 48.5 Å². The third-order valence-corrected chi connectivity index (χ3v) is 6.29. The fraction of sp³-hybridized carbons (Fsp3) is 0.318. The van der Waals surface area contributed by atoms with Gasteiger partial charge in [0.05, 0.1) is 27.9 Å². The number of hydrogen-bond donors (Lipinski definition) is 0. The van der Waals surface area contributed by atoms with Crippen LogP contribution in [0.4, 0.5) is 0 Å². The fourth-order valence-corrected chi connectivity index (χ4v) is 4.59. The number of nitrogens with zero attached hydrogens (tertiary/aromatic N) is 2. The minimum atomic E-state index is -0.513. The van der Waals surface area contributed by atoms with E-state index >= 15 is 0 Å². The molecule has 0 N–H and O–H groups in total. The van der Waals surface area contributed by atoms with Crippen molar-refractivity contribution in [2.45, 2.75) is 18.8 Å². The molecule has 0 bridgehead atoms. The first-order valence-corrected chi connectivity index (χ1v) is 10.4. The monoisotopic (exact) mass is 410 g/mol. The van der Waals surface area contributed by atoms with Crippen molar-refractivity contribution < 1.29 is 19.1 Å². The second-order valence-electron chi connectivity index (χ2n) is 7.00. The number of para-hydroxylation sites is 1. The molecule has 2 heterocycles. The second kappa shape index (κ2) is 8.61. The molecule has 0 unspecified atom stereocenters. The van der Waals surface area contributed by atoms with E-state index in [1.807, 2.05) is 18.2 Å². The lowest BCUT2D eigenvalue weighted by Gasteiger charge is -2.31. The number of amides is 1. The van der Waals surface area contributed by atoms with Crippen LogP contribution in [0.25, 0.3) is 10.2 Å². The summed E-state index contributed by atoms with van der Waals surface area (Å²) in [5.74, 6) is 0.202. The zero-order valence-corrected chi connectivity index (χ0v) is 17.0. The number of piperidine rings is 1. The molecule has 6 nitrogen and oxygen atoms in total. The Morgan fingerprint density at radius 3 is 2.72 bits per heavy atom. The van der Waals surface area contributed by atoms with Gasteiger partial charge in [-0.1, -0.05) is 12.1 Å². The predicted octanol–water partition coefficient (Wildman–Crippen LogP) is 3.87. The van der Waals surface area contributed by atoms with Crippen molar-refractivity contribution >= 4 is 33.4 Å². The Bertz CT molecular complexity index is 982. The molecule has 29 heavy (non-hydrogen) atoms. The Morgan fingerprint density at radius 1 is 1.17 bits per heavy atom. The van der Waals surface area contributed by atoms with Crippen LogP contribution in [-0.2, 0) is 9.53 Å². The molecule has 2 aromatic carbocycles. The van der Waals surface area contributed by atoms with Crippen LogP contribution in [0.2, 0.25) is 0 Å². The summed E-state index contributed by atoms with van der Waals surface area (Å²) in [6, 6.07) is 14.7. The van der Waals surface area contributed by atoms with E-state index in [2.05, 4.69) is 6.07 Å². The van der Waals surface area contributed by atoms with Gasteiger partial charge in [-0.15, -0.1) is 11.3 Å². The molecular formula is C22H22N2O4S. The SMILES string of the molecule is COc1ccc(C(=O)OCC(=O)N2CCC[C@@H](c3nc4ccccc4s3)C2)cc1. The Morgan fingerprint density at radius 2 is 1.97 bits per heavy atom. The summed E-state index contributed by atoms with van der Waals surface area (Å²) in [5.41, 5.74) is 1.40. The zero-order valence-electron chi connectivity index (χ0n) is 16.2. The van der Waals surface area contributed by atoms with Crippen LogP contribution in [0.5, 0.6) is 5.75 Å². The van der Waals surface area contributed by atoms with Gasteiger partial charge in [-0.2, -0.15) is 0 Å². The van der Waals surface area contributed by atoms with Crippen molar-refractivity contribution in [1.82, 2.24) is 9.88 Å². The van der Waals surface area contributed by atoms with Gasteiger partial charge in [-0.25, -0.2) is 9.78 Å². The third-order valence-electron chi connectivity index (χ3n) is 5.09. The number of rotatable bonds is 5. The Hall–Kier alpha value is -2.93. The molecule has 0 saturated carbocycles. The maximum Gasteiger partial charge on any atom is 0.338 e. The van der Waals surface area contributed by atoms with Gasteiger partial charge in [0.2, 0.25) is 0 Å². The second-order valence-corrected chi connectivity index (χ2v) is 8.07. The van der Waals surface area contributed by atoms with E-state index in [9.17, 15) is 9.59 Å². The number of benzene rings is 2.